The van der Waals surface area contributed by atoms with Gasteiger partial charge in [-0.2, -0.15) is 0 Å². The van der Waals surface area contributed by atoms with E-state index >= 15 is 0 Å². The Hall–Kier alpha value is -1.71. The number of nitrogens with two attached hydrogens (primary N) is 1. The third-order valence-corrected chi connectivity index (χ3v) is 3.25. The first-order chi connectivity index (χ1) is 9.58. The summed E-state index contributed by atoms with van der Waals surface area (Å²) in [6.07, 6.45) is 5.48. The zero-order chi connectivity index (χ0) is 15.0. The summed E-state index contributed by atoms with van der Waals surface area (Å²) in [5, 5.41) is 0. The van der Waals surface area contributed by atoms with Crippen LogP contribution in [-0.4, -0.2) is 19.2 Å². The van der Waals surface area contributed by atoms with Crippen LogP contribution in [0.25, 0.3) is 0 Å². The number of nitrogen functional groups attached to an aromatic ring is 1. The Bertz CT molecular complexity index is 432. The van der Waals surface area contributed by atoms with Crippen molar-refractivity contribution in [3.63, 3.8) is 0 Å². The van der Waals surface area contributed by atoms with Crippen molar-refractivity contribution in [2.75, 3.05) is 12.8 Å². The number of hydrogen-bond acceptors (Lipinski definition) is 4. The lowest BCUT2D eigenvalue weighted by atomic mass is 10.1. The Morgan fingerprint density at radius 2 is 2.05 bits per heavy atom. The average Bonchev–Trinajstić information content (AvgIpc) is 2.44. The highest BCUT2D eigenvalue weighted by Gasteiger charge is 2.15. The molecule has 0 bridgehead atoms. The molecule has 0 amide bonds. The normalized spacial score (nSPS) is 11.9. The monoisotopic (exact) mass is 279 g/mol. The first kappa shape index (κ1) is 16.3. The summed E-state index contributed by atoms with van der Waals surface area (Å²) >= 11 is 0. The molecule has 0 aliphatic carbocycles. The van der Waals surface area contributed by atoms with Crippen LogP contribution in [0.1, 0.15) is 56.3 Å². The van der Waals surface area contributed by atoms with Gasteiger partial charge in [0.05, 0.1) is 18.8 Å². The number of hydrogen-bond donors (Lipinski definition) is 1. The molecule has 1 unspecified atom stereocenters. The lowest BCUT2D eigenvalue weighted by molar-refractivity contribution is 0.0320. The standard InChI is InChI=1S/C16H25NO3/c1-4-5-6-7-8-12(2)20-16(18)14-11-13(19-3)9-10-15(14)17/h9-12H,4-8,17H2,1-3H3. The number of carbonyl (C=O) groups excluding carboxylic acids is 1. The van der Waals surface area contributed by atoms with Crippen molar-refractivity contribution in [3.05, 3.63) is 23.8 Å². The number of methoxy groups -OCH3 is 1. The smallest absolute Gasteiger partial charge is 0.340 e. The number of unbranched alkanes of at least 4 members (excludes halogenated alkanes) is 3. The molecule has 1 rings (SSSR count). The van der Waals surface area contributed by atoms with Gasteiger partial charge in [0, 0.05) is 5.69 Å². The quantitative estimate of drug-likeness (QED) is 0.447. The van der Waals surface area contributed by atoms with Crippen molar-refractivity contribution in [1.82, 2.24) is 0 Å². The summed E-state index contributed by atoms with van der Waals surface area (Å²) in [5.74, 6) is 0.214. The third-order valence-electron chi connectivity index (χ3n) is 3.25. The largest absolute Gasteiger partial charge is 0.497 e. The first-order valence-corrected chi connectivity index (χ1v) is 7.23. The Labute approximate surface area is 121 Å². The summed E-state index contributed by atoms with van der Waals surface area (Å²) in [7, 11) is 1.55. The van der Waals surface area contributed by atoms with Crippen LogP contribution in [0.3, 0.4) is 0 Å². The second-order valence-electron chi connectivity index (χ2n) is 5.02. The minimum Gasteiger partial charge on any atom is -0.497 e. The molecule has 4 nitrogen and oxygen atoms in total. The molecule has 0 saturated heterocycles. The van der Waals surface area contributed by atoms with Gasteiger partial charge in [-0.1, -0.05) is 26.2 Å². The maximum atomic E-state index is 12.1. The van der Waals surface area contributed by atoms with E-state index in [4.69, 9.17) is 15.2 Å². The van der Waals surface area contributed by atoms with E-state index in [0.717, 1.165) is 12.8 Å². The predicted molar refractivity (Wildman–Crippen MR) is 81.0 cm³/mol. The number of anilines is 1. The van der Waals surface area contributed by atoms with Crippen LogP contribution >= 0.6 is 0 Å². The van der Waals surface area contributed by atoms with Crippen LogP contribution in [0.4, 0.5) is 5.69 Å². The van der Waals surface area contributed by atoms with E-state index in [1.165, 1.54) is 19.3 Å². The van der Waals surface area contributed by atoms with Gasteiger partial charge >= 0.3 is 5.97 Å². The molecule has 2 N–H and O–H groups in total. The number of esters is 1. The topological polar surface area (TPSA) is 61.5 Å². The Balaban J connectivity index is 2.53. The fourth-order valence-corrected chi connectivity index (χ4v) is 2.00. The molecule has 0 heterocycles. The van der Waals surface area contributed by atoms with Gasteiger partial charge in [0.1, 0.15) is 5.75 Å². The van der Waals surface area contributed by atoms with E-state index < -0.39 is 0 Å². The third kappa shape index (κ3) is 5.11. The van der Waals surface area contributed by atoms with Crippen molar-refractivity contribution in [2.45, 2.75) is 52.1 Å². The van der Waals surface area contributed by atoms with Crippen LogP contribution in [0, 0.1) is 0 Å². The molecule has 1 atom stereocenters. The number of carbonyl (C=O) groups is 1. The lowest BCUT2D eigenvalue weighted by Crippen LogP contribution is -2.16. The fourth-order valence-electron chi connectivity index (χ4n) is 2.00. The Morgan fingerprint density at radius 1 is 1.30 bits per heavy atom. The molecule has 20 heavy (non-hydrogen) atoms. The van der Waals surface area contributed by atoms with E-state index in [9.17, 15) is 4.79 Å². The van der Waals surface area contributed by atoms with Crippen LogP contribution in [0.15, 0.2) is 18.2 Å². The Morgan fingerprint density at radius 3 is 2.70 bits per heavy atom. The van der Waals surface area contributed by atoms with Crippen molar-refractivity contribution in [3.8, 4) is 5.75 Å². The zero-order valence-electron chi connectivity index (χ0n) is 12.6. The molecule has 0 aliphatic heterocycles. The SMILES string of the molecule is CCCCCCC(C)OC(=O)c1cc(OC)ccc1N. The van der Waals surface area contributed by atoms with Gasteiger partial charge in [0.2, 0.25) is 0 Å². The van der Waals surface area contributed by atoms with Crippen LogP contribution in [0.5, 0.6) is 5.75 Å². The van der Waals surface area contributed by atoms with Crippen LogP contribution in [0.2, 0.25) is 0 Å². The van der Waals surface area contributed by atoms with Gasteiger partial charge in [-0.05, 0) is 38.0 Å². The maximum Gasteiger partial charge on any atom is 0.340 e. The molecule has 0 spiro atoms. The van der Waals surface area contributed by atoms with Crippen molar-refractivity contribution in [2.24, 2.45) is 0 Å². The van der Waals surface area contributed by atoms with Crippen molar-refractivity contribution in [1.29, 1.82) is 0 Å². The minimum atomic E-state index is -0.385. The summed E-state index contributed by atoms with van der Waals surface area (Å²) in [4.78, 5) is 12.1. The van der Waals surface area contributed by atoms with Crippen LogP contribution in [-0.2, 0) is 4.74 Å². The lowest BCUT2D eigenvalue weighted by Gasteiger charge is -2.14. The van der Waals surface area contributed by atoms with Gasteiger partial charge in [-0.25, -0.2) is 4.79 Å². The molecule has 112 valence electrons. The van der Waals surface area contributed by atoms with Gasteiger partial charge < -0.3 is 15.2 Å². The van der Waals surface area contributed by atoms with E-state index in [1.807, 2.05) is 6.92 Å². The fraction of sp³-hybridized carbons (Fsp3) is 0.562. The number of rotatable bonds is 8. The highest BCUT2D eigenvalue weighted by molar-refractivity contribution is 5.95. The van der Waals surface area contributed by atoms with Gasteiger partial charge in [-0.15, -0.1) is 0 Å². The van der Waals surface area contributed by atoms with Crippen LogP contribution < -0.4 is 10.5 Å². The molecule has 0 saturated carbocycles. The Kier molecular flexibility index (Phi) is 6.91. The molecular weight excluding hydrogens is 254 g/mol. The minimum absolute atomic E-state index is 0.0926. The average molecular weight is 279 g/mol. The van der Waals surface area contributed by atoms with E-state index in [1.54, 1.807) is 25.3 Å². The summed E-state index contributed by atoms with van der Waals surface area (Å²) in [5.41, 5.74) is 6.58. The summed E-state index contributed by atoms with van der Waals surface area (Å²) in [6.45, 7) is 4.09. The molecule has 1 aromatic rings. The molecule has 0 aliphatic rings. The predicted octanol–water partition coefficient (Wildman–Crippen LogP) is 3.79. The zero-order valence-corrected chi connectivity index (χ0v) is 12.6. The number of benzene rings is 1. The molecule has 0 fully saturated rings. The second-order valence-corrected chi connectivity index (χ2v) is 5.02. The highest BCUT2D eigenvalue weighted by atomic mass is 16.5. The van der Waals surface area contributed by atoms with E-state index in [-0.39, 0.29) is 12.1 Å². The highest BCUT2D eigenvalue weighted by Crippen LogP contribution is 2.21. The van der Waals surface area contributed by atoms with Crippen molar-refractivity contribution < 1.29 is 14.3 Å². The van der Waals surface area contributed by atoms with E-state index in [2.05, 4.69) is 6.92 Å². The number of ether oxygens (including phenoxy) is 2. The summed E-state index contributed by atoms with van der Waals surface area (Å²) in [6, 6.07) is 4.99. The molecule has 1 aromatic carbocycles. The van der Waals surface area contributed by atoms with Gasteiger partial charge in [-0.3, -0.25) is 0 Å². The van der Waals surface area contributed by atoms with Gasteiger partial charge in [0.15, 0.2) is 0 Å². The molecular formula is C16H25NO3. The maximum absolute atomic E-state index is 12.1. The van der Waals surface area contributed by atoms with Crippen molar-refractivity contribution >= 4 is 11.7 Å². The van der Waals surface area contributed by atoms with Gasteiger partial charge in [0.25, 0.3) is 0 Å². The second kappa shape index (κ2) is 8.46. The molecule has 4 heteroatoms. The summed E-state index contributed by atoms with van der Waals surface area (Å²) < 4.78 is 10.5. The molecule has 0 radical (unpaired) electrons. The molecule has 0 aromatic heterocycles. The first-order valence-electron chi connectivity index (χ1n) is 7.23. The van der Waals surface area contributed by atoms with E-state index in [0.29, 0.717) is 17.0 Å².